The Morgan fingerprint density at radius 3 is 1.83 bits per heavy atom. The van der Waals surface area contributed by atoms with E-state index in [4.69, 9.17) is 0 Å². The molecule has 0 aliphatic rings. The third kappa shape index (κ3) is 3.64. The Bertz CT molecular complexity index is 97.3. The largest absolute Gasteiger partial charge is 0.365 e. The highest BCUT2D eigenvalue weighted by Gasteiger charge is 2.28. The average molecular weight is 190 g/mol. The molecule has 0 amide bonds. The van der Waals surface area contributed by atoms with Crippen LogP contribution in [0.15, 0.2) is 0 Å². The maximum atomic E-state index is 3.49. The molecule has 12 heavy (non-hydrogen) atoms. The third-order valence-electron chi connectivity index (χ3n) is 2.05. The van der Waals surface area contributed by atoms with Crippen LogP contribution in [0.1, 0.15) is 19.8 Å². The van der Waals surface area contributed by atoms with E-state index in [-0.39, 0.29) is 0 Å². The van der Waals surface area contributed by atoms with Gasteiger partial charge in [0.1, 0.15) is 0 Å². The zero-order valence-electron chi connectivity index (χ0n) is 8.62. The smallest absolute Gasteiger partial charge is 0.303 e. The van der Waals surface area contributed by atoms with E-state index in [1.807, 2.05) is 21.1 Å². The summed E-state index contributed by atoms with van der Waals surface area (Å²) in [6.45, 7) is 3.26. The van der Waals surface area contributed by atoms with E-state index in [1.165, 1.54) is 12.8 Å². The molecule has 0 saturated carbocycles. The van der Waals surface area contributed by atoms with Gasteiger partial charge in [0.15, 0.2) is 0 Å². The van der Waals surface area contributed by atoms with Crippen LogP contribution in [-0.2, 0) is 0 Å². The van der Waals surface area contributed by atoms with Gasteiger partial charge in [0, 0.05) is 0 Å². The van der Waals surface area contributed by atoms with E-state index >= 15 is 0 Å². The van der Waals surface area contributed by atoms with Gasteiger partial charge < -0.3 is 19.9 Å². The van der Waals surface area contributed by atoms with E-state index in [1.54, 1.807) is 0 Å². The minimum Gasteiger partial charge on any atom is -0.303 e. The van der Waals surface area contributed by atoms with E-state index in [2.05, 4.69) is 26.9 Å². The minimum atomic E-state index is -1.75. The standard InChI is InChI=1S/C7H22N4Si/c1-5-6-7-11-12(8-2,9-3)10-4/h8-11H,5-7H2,1-4H3. The topological polar surface area (TPSA) is 48.1 Å². The molecule has 74 valence electrons. The Morgan fingerprint density at radius 1 is 1.00 bits per heavy atom. The van der Waals surface area contributed by atoms with Gasteiger partial charge in [0.2, 0.25) is 0 Å². The molecule has 0 radical (unpaired) electrons. The van der Waals surface area contributed by atoms with E-state index < -0.39 is 8.72 Å². The Kier molecular flexibility index (Phi) is 6.59. The second kappa shape index (κ2) is 6.56. The third-order valence-corrected chi connectivity index (χ3v) is 5.08. The average Bonchev–Trinajstić information content (AvgIpc) is 2.14. The summed E-state index contributed by atoms with van der Waals surface area (Å²) in [6, 6.07) is 0. The Hall–Kier alpha value is 0.0569. The summed E-state index contributed by atoms with van der Waals surface area (Å²) < 4.78 is 0. The van der Waals surface area contributed by atoms with Gasteiger partial charge in [-0.2, -0.15) is 0 Å². The normalized spacial score (nSPS) is 12.0. The predicted molar refractivity (Wildman–Crippen MR) is 55.8 cm³/mol. The molecule has 0 aliphatic carbocycles. The lowest BCUT2D eigenvalue weighted by molar-refractivity contribution is 0.707. The zero-order chi connectivity index (χ0) is 9.45. The van der Waals surface area contributed by atoms with Gasteiger partial charge in [-0.1, -0.05) is 13.3 Å². The van der Waals surface area contributed by atoms with E-state index in [0.29, 0.717) is 0 Å². The van der Waals surface area contributed by atoms with Crippen LogP contribution in [0.2, 0.25) is 0 Å². The summed E-state index contributed by atoms with van der Waals surface area (Å²) in [6.07, 6.45) is 2.45. The van der Waals surface area contributed by atoms with Crippen molar-refractivity contribution in [1.82, 2.24) is 19.9 Å². The van der Waals surface area contributed by atoms with Crippen molar-refractivity contribution in [3.05, 3.63) is 0 Å². The molecule has 4 N–H and O–H groups in total. The van der Waals surface area contributed by atoms with Crippen molar-refractivity contribution in [3.63, 3.8) is 0 Å². The summed E-state index contributed by atoms with van der Waals surface area (Å²) in [4.78, 5) is 13.3. The summed E-state index contributed by atoms with van der Waals surface area (Å²) in [5, 5.41) is 0. The van der Waals surface area contributed by atoms with Crippen LogP contribution in [0, 0.1) is 0 Å². The van der Waals surface area contributed by atoms with Crippen molar-refractivity contribution in [2.24, 2.45) is 0 Å². The van der Waals surface area contributed by atoms with Crippen molar-refractivity contribution in [3.8, 4) is 0 Å². The monoisotopic (exact) mass is 190 g/mol. The van der Waals surface area contributed by atoms with Crippen molar-refractivity contribution < 1.29 is 0 Å². The molecule has 0 bridgehead atoms. The highest BCUT2D eigenvalue weighted by molar-refractivity contribution is 6.69. The van der Waals surface area contributed by atoms with Crippen molar-refractivity contribution in [2.75, 3.05) is 27.7 Å². The molecule has 0 saturated heterocycles. The molecule has 0 aromatic rings. The summed E-state index contributed by atoms with van der Waals surface area (Å²) >= 11 is 0. The molecule has 0 unspecified atom stereocenters. The first kappa shape index (κ1) is 12.1. The molecule has 0 spiro atoms. The van der Waals surface area contributed by atoms with Crippen LogP contribution in [0.25, 0.3) is 0 Å². The fourth-order valence-corrected chi connectivity index (χ4v) is 2.92. The molecule has 0 heterocycles. The van der Waals surface area contributed by atoms with Gasteiger partial charge in [0.25, 0.3) is 0 Å². The minimum absolute atomic E-state index is 1.06. The molecule has 4 nitrogen and oxygen atoms in total. The number of hydrogen-bond donors (Lipinski definition) is 4. The number of rotatable bonds is 7. The fourth-order valence-electron chi connectivity index (χ4n) is 1.09. The van der Waals surface area contributed by atoms with Crippen LogP contribution in [-0.4, -0.2) is 36.4 Å². The fraction of sp³-hybridized carbons (Fsp3) is 1.00. The Morgan fingerprint density at radius 2 is 1.50 bits per heavy atom. The predicted octanol–water partition coefficient (Wildman–Crippen LogP) is -0.530. The quantitative estimate of drug-likeness (QED) is 0.322. The molecule has 0 aromatic carbocycles. The second-order valence-electron chi connectivity index (χ2n) is 2.78. The first-order valence-electron chi connectivity index (χ1n) is 4.56. The number of unbranched alkanes of at least 4 members (excludes halogenated alkanes) is 1. The summed E-state index contributed by atoms with van der Waals surface area (Å²) in [5.74, 6) is 0. The summed E-state index contributed by atoms with van der Waals surface area (Å²) in [5.41, 5.74) is 0. The summed E-state index contributed by atoms with van der Waals surface area (Å²) in [7, 11) is 4.16. The van der Waals surface area contributed by atoms with Gasteiger partial charge in [-0.25, -0.2) is 0 Å². The number of hydrogen-bond acceptors (Lipinski definition) is 4. The lowest BCUT2D eigenvalue weighted by Gasteiger charge is -2.29. The Balaban J connectivity index is 3.76. The first-order valence-corrected chi connectivity index (χ1v) is 6.56. The highest BCUT2D eigenvalue weighted by atomic mass is 28.4. The molecule has 5 heteroatoms. The highest BCUT2D eigenvalue weighted by Crippen LogP contribution is 1.85. The second-order valence-corrected chi connectivity index (χ2v) is 6.13. The van der Waals surface area contributed by atoms with E-state index in [9.17, 15) is 0 Å². The number of nitrogens with one attached hydrogen (secondary N) is 4. The van der Waals surface area contributed by atoms with Gasteiger partial charge in [0.05, 0.1) is 0 Å². The molecular formula is C7H22N4Si. The maximum absolute atomic E-state index is 3.49. The van der Waals surface area contributed by atoms with Crippen LogP contribution >= 0.6 is 0 Å². The first-order chi connectivity index (χ1) is 5.74. The zero-order valence-corrected chi connectivity index (χ0v) is 9.62. The van der Waals surface area contributed by atoms with Crippen LogP contribution < -0.4 is 19.9 Å². The molecular weight excluding hydrogens is 168 g/mol. The SMILES string of the molecule is CCCCN[Si](NC)(NC)NC. The molecule has 0 atom stereocenters. The lowest BCUT2D eigenvalue weighted by atomic mass is 10.3. The molecule has 0 aliphatic heterocycles. The van der Waals surface area contributed by atoms with Crippen molar-refractivity contribution >= 4 is 8.72 Å². The van der Waals surface area contributed by atoms with E-state index in [0.717, 1.165) is 6.54 Å². The van der Waals surface area contributed by atoms with Crippen LogP contribution in [0.4, 0.5) is 0 Å². The van der Waals surface area contributed by atoms with Crippen molar-refractivity contribution in [2.45, 2.75) is 19.8 Å². The molecule has 0 aromatic heterocycles. The van der Waals surface area contributed by atoms with Gasteiger partial charge in [-0.3, -0.25) is 0 Å². The van der Waals surface area contributed by atoms with Crippen LogP contribution in [0.3, 0.4) is 0 Å². The van der Waals surface area contributed by atoms with Crippen molar-refractivity contribution in [1.29, 1.82) is 0 Å². The van der Waals surface area contributed by atoms with Crippen LogP contribution in [0.5, 0.6) is 0 Å². The Labute approximate surface area is 76.8 Å². The lowest BCUT2D eigenvalue weighted by Crippen LogP contribution is -2.78. The maximum Gasteiger partial charge on any atom is 0.365 e. The molecule has 0 rings (SSSR count). The van der Waals surface area contributed by atoms with Gasteiger partial charge in [-0.05, 0) is 34.1 Å². The van der Waals surface area contributed by atoms with Gasteiger partial charge in [-0.15, -0.1) is 0 Å². The van der Waals surface area contributed by atoms with Gasteiger partial charge >= 0.3 is 8.72 Å². The molecule has 0 fully saturated rings.